The molecule has 2 aromatic carbocycles. The van der Waals surface area contributed by atoms with Gasteiger partial charge in [-0.05, 0) is 48.5 Å². The van der Waals surface area contributed by atoms with Gasteiger partial charge in [-0.1, -0.05) is 15.9 Å². The van der Waals surface area contributed by atoms with Crippen LogP contribution in [-0.2, 0) is 0 Å². The highest BCUT2D eigenvalue weighted by atomic mass is 79.9. The Kier molecular flexibility index (Phi) is 4.81. The lowest BCUT2D eigenvalue weighted by Crippen LogP contribution is -2.00. The monoisotopic (exact) mass is 387 g/mol. The van der Waals surface area contributed by atoms with Gasteiger partial charge in [0.15, 0.2) is 5.69 Å². The first-order valence-electron chi connectivity index (χ1n) is 7.01. The van der Waals surface area contributed by atoms with Gasteiger partial charge in [-0.25, -0.2) is 0 Å². The van der Waals surface area contributed by atoms with Gasteiger partial charge in [0.05, 0.1) is 7.11 Å². The van der Waals surface area contributed by atoms with Gasteiger partial charge in [0.25, 0.3) is 0 Å². The quantitative estimate of drug-likeness (QED) is 0.697. The zero-order chi connectivity index (χ0) is 16.9. The summed E-state index contributed by atoms with van der Waals surface area (Å²) in [7, 11) is 1.60. The van der Waals surface area contributed by atoms with E-state index in [1.165, 1.54) is 6.33 Å². The Hall–Kier alpha value is -2.80. The normalized spacial score (nSPS) is 10.2. The molecule has 3 rings (SSSR count). The van der Waals surface area contributed by atoms with E-state index in [4.69, 9.17) is 19.9 Å². The number of nitrogens with two attached hydrogens (primary N) is 1. The Morgan fingerprint density at radius 3 is 1.75 bits per heavy atom. The fourth-order valence-electron chi connectivity index (χ4n) is 1.90. The standard InChI is InChI=1S/C17H14BrN3O3/c1-22-12-6-8-14(9-7-12)24-17-15(19)16(20-10-21-17)23-13-4-2-11(18)3-5-13/h2-10H,19H2,1H3. The predicted octanol–water partition coefficient (Wildman–Crippen LogP) is 4.41. The summed E-state index contributed by atoms with van der Waals surface area (Å²) in [6.45, 7) is 0. The Morgan fingerprint density at radius 2 is 1.25 bits per heavy atom. The minimum Gasteiger partial charge on any atom is -0.497 e. The summed E-state index contributed by atoms with van der Waals surface area (Å²) >= 11 is 3.37. The molecule has 3 aromatic rings. The lowest BCUT2D eigenvalue weighted by atomic mass is 10.3. The molecule has 0 saturated carbocycles. The molecule has 0 spiro atoms. The third kappa shape index (κ3) is 3.75. The fourth-order valence-corrected chi connectivity index (χ4v) is 2.16. The number of anilines is 1. The number of aromatic nitrogens is 2. The van der Waals surface area contributed by atoms with Gasteiger partial charge in [0.1, 0.15) is 23.6 Å². The number of ether oxygens (including phenoxy) is 3. The summed E-state index contributed by atoms with van der Waals surface area (Å²) in [6.07, 6.45) is 1.34. The van der Waals surface area contributed by atoms with Crippen LogP contribution in [0.2, 0.25) is 0 Å². The molecular weight excluding hydrogens is 374 g/mol. The maximum atomic E-state index is 6.06. The lowest BCUT2D eigenvalue weighted by molar-refractivity contribution is 0.411. The molecule has 2 N–H and O–H groups in total. The van der Waals surface area contributed by atoms with Crippen LogP contribution in [0.1, 0.15) is 0 Å². The number of hydrogen-bond donors (Lipinski definition) is 1. The Balaban J connectivity index is 1.80. The Labute approximate surface area is 147 Å². The second-order valence-electron chi connectivity index (χ2n) is 4.73. The van der Waals surface area contributed by atoms with E-state index in [-0.39, 0.29) is 17.4 Å². The zero-order valence-corrected chi connectivity index (χ0v) is 14.4. The molecule has 0 aliphatic carbocycles. The molecular formula is C17H14BrN3O3. The second kappa shape index (κ2) is 7.18. The van der Waals surface area contributed by atoms with Gasteiger partial charge < -0.3 is 19.9 Å². The van der Waals surface area contributed by atoms with Crippen molar-refractivity contribution < 1.29 is 14.2 Å². The Morgan fingerprint density at radius 1 is 0.792 bits per heavy atom. The van der Waals surface area contributed by atoms with E-state index in [1.54, 1.807) is 43.5 Å². The number of methoxy groups -OCH3 is 1. The van der Waals surface area contributed by atoms with E-state index in [9.17, 15) is 0 Å². The number of hydrogen-bond acceptors (Lipinski definition) is 6. The highest BCUT2D eigenvalue weighted by molar-refractivity contribution is 9.10. The zero-order valence-electron chi connectivity index (χ0n) is 12.8. The number of nitrogen functional groups attached to an aromatic ring is 1. The topological polar surface area (TPSA) is 79.5 Å². The highest BCUT2D eigenvalue weighted by Crippen LogP contribution is 2.33. The molecule has 0 aliphatic rings. The maximum Gasteiger partial charge on any atom is 0.249 e. The fraction of sp³-hybridized carbons (Fsp3) is 0.0588. The highest BCUT2D eigenvalue weighted by Gasteiger charge is 2.12. The third-order valence-electron chi connectivity index (χ3n) is 3.11. The van der Waals surface area contributed by atoms with E-state index in [2.05, 4.69) is 25.9 Å². The SMILES string of the molecule is COc1ccc(Oc2ncnc(Oc3ccc(Br)cc3)c2N)cc1. The van der Waals surface area contributed by atoms with Crippen molar-refractivity contribution in [3.05, 3.63) is 59.3 Å². The predicted molar refractivity (Wildman–Crippen MR) is 93.7 cm³/mol. The van der Waals surface area contributed by atoms with E-state index in [0.29, 0.717) is 11.5 Å². The average molecular weight is 388 g/mol. The van der Waals surface area contributed by atoms with E-state index in [0.717, 1.165) is 10.2 Å². The molecule has 0 atom stereocenters. The molecule has 0 amide bonds. The average Bonchev–Trinajstić information content (AvgIpc) is 2.61. The van der Waals surface area contributed by atoms with E-state index in [1.807, 2.05) is 12.1 Å². The smallest absolute Gasteiger partial charge is 0.249 e. The van der Waals surface area contributed by atoms with Crippen LogP contribution >= 0.6 is 15.9 Å². The molecule has 1 aromatic heterocycles. The van der Waals surface area contributed by atoms with Crippen LogP contribution in [0.5, 0.6) is 29.0 Å². The number of benzene rings is 2. The number of nitrogens with zero attached hydrogens (tertiary/aromatic N) is 2. The third-order valence-corrected chi connectivity index (χ3v) is 3.64. The van der Waals surface area contributed by atoms with Crippen LogP contribution in [0.25, 0.3) is 0 Å². The first-order chi connectivity index (χ1) is 11.7. The van der Waals surface area contributed by atoms with Crippen LogP contribution in [0.4, 0.5) is 5.69 Å². The van der Waals surface area contributed by atoms with Crippen molar-refractivity contribution in [2.24, 2.45) is 0 Å². The largest absolute Gasteiger partial charge is 0.497 e. The summed E-state index contributed by atoms with van der Waals surface area (Å²) in [5.74, 6) is 2.38. The lowest BCUT2D eigenvalue weighted by Gasteiger charge is -2.11. The van der Waals surface area contributed by atoms with Crippen molar-refractivity contribution >= 4 is 21.6 Å². The molecule has 6 nitrogen and oxygen atoms in total. The minimum absolute atomic E-state index is 0.219. The van der Waals surface area contributed by atoms with Gasteiger partial charge in [-0.15, -0.1) is 0 Å². The molecule has 0 fully saturated rings. The van der Waals surface area contributed by atoms with Gasteiger partial charge in [-0.3, -0.25) is 0 Å². The van der Waals surface area contributed by atoms with E-state index < -0.39 is 0 Å². The van der Waals surface area contributed by atoms with Crippen molar-refractivity contribution in [1.29, 1.82) is 0 Å². The second-order valence-corrected chi connectivity index (χ2v) is 5.65. The number of rotatable bonds is 5. The van der Waals surface area contributed by atoms with Crippen molar-refractivity contribution in [2.45, 2.75) is 0 Å². The van der Waals surface area contributed by atoms with Gasteiger partial charge in [0.2, 0.25) is 11.8 Å². The van der Waals surface area contributed by atoms with Crippen LogP contribution in [0.15, 0.2) is 59.3 Å². The number of halogens is 1. The summed E-state index contributed by atoms with van der Waals surface area (Å²) in [5, 5.41) is 0. The van der Waals surface area contributed by atoms with Crippen LogP contribution < -0.4 is 19.9 Å². The molecule has 0 bridgehead atoms. The van der Waals surface area contributed by atoms with Gasteiger partial charge in [-0.2, -0.15) is 9.97 Å². The van der Waals surface area contributed by atoms with Gasteiger partial charge >= 0.3 is 0 Å². The van der Waals surface area contributed by atoms with Crippen molar-refractivity contribution in [3.63, 3.8) is 0 Å². The summed E-state index contributed by atoms with van der Waals surface area (Å²) in [4.78, 5) is 8.11. The van der Waals surface area contributed by atoms with E-state index >= 15 is 0 Å². The first-order valence-corrected chi connectivity index (χ1v) is 7.81. The summed E-state index contributed by atoms with van der Waals surface area (Å²) in [6, 6.07) is 14.4. The maximum absolute atomic E-state index is 6.06. The van der Waals surface area contributed by atoms with Crippen molar-refractivity contribution in [3.8, 4) is 29.0 Å². The molecule has 122 valence electrons. The molecule has 7 heteroatoms. The summed E-state index contributed by atoms with van der Waals surface area (Å²) in [5.41, 5.74) is 6.27. The molecule has 0 radical (unpaired) electrons. The molecule has 0 saturated heterocycles. The van der Waals surface area contributed by atoms with Crippen LogP contribution in [0.3, 0.4) is 0 Å². The van der Waals surface area contributed by atoms with Gasteiger partial charge in [0, 0.05) is 4.47 Å². The van der Waals surface area contributed by atoms with Crippen molar-refractivity contribution in [2.75, 3.05) is 12.8 Å². The van der Waals surface area contributed by atoms with Crippen LogP contribution in [-0.4, -0.2) is 17.1 Å². The Bertz CT molecular complexity index is 823. The molecule has 0 unspecified atom stereocenters. The molecule has 1 heterocycles. The summed E-state index contributed by atoms with van der Waals surface area (Å²) < 4.78 is 17.4. The molecule has 24 heavy (non-hydrogen) atoms. The molecule has 0 aliphatic heterocycles. The van der Waals surface area contributed by atoms with Crippen LogP contribution in [0, 0.1) is 0 Å². The van der Waals surface area contributed by atoms with Crippen molar-refractivity contribution in [1.82, 2.24) is 9.97 Å². The first kappa shape index (κ1) is 16.1. The minimum atomic E-state index is 0.219.